The van der Waals surface area contributed by atoms with Crippen LogP contribution in [0, 0.1) is 0 Å². The topological polar surface area (TPSA) is 72.7 Å². The van der Waals surface area contributed by atoms with Gasteiger partial charge in [0, 0.05) is 12.1 Å². The first-order chi connectivity index (χ1) is 7.50. The number of phenols is 2. The molecule has 16 heavy (non-hydrogen) atoms. The minimum absolute atomic E-state index is 0.0631. The number of nitrogens with one attached hydrogen (secondary N) is 1. The van der Waals surface area contributed by atoms with Crippen molar-refractivity contribution in [2.24, 2.45) is 0 Å². The van der Waals surface area contributed by atoms with Crippen LogP contribution in [-0.4, -0.2) is 27.5 Å². The largest absolute Gasteiger partial charge is 0.504 e. The van der Waals surface area contributed by atoms with Gasteiger partial charge in [0.25, 0.3) is 0 Å². The maximum Gasteiger partial charge on any atom is 0.157 e. The van der Waals surface area contributed by atoms with Crippen LogP contribution >= 0.6 is 0 Å². The molecule has 4 N–H and O–H groups in total. The average molecular weight is 225 g/mol. The Morgan fingerprint density at radius 3 is 2.44 bits per heavy atom. The van der Waals surface area contributed by atoms with Gasteiger partial charge in [-0.1, -0.05) is 13.0 Å². The lowest BCUT2D eigenvalue weighted by Gasteiger charge is -2.27. The Bertz CT molecular complexity index is 348. The van der Waals surface area contributed by atoms with Crippen LogP contribution in [0.5, 0.6) is 11.5 Å². The number of benzene rings is 1. The Morgan fingerprint density at radius 2 is 1.94 bits per heavy atom. The molecule has 1 unspecified atom stereocenters. The van der Waals surface area contributed by atoms with Crippen LogP contribution in [0.25, 0.3) is 0 Å². The summed E-state index contributed by atoms with van der Waals surface area (Å²) >= 11 is 0. The van der Waals surface area contributed by atoms with Crippen LogP contribution in [0.4, 0.5) is 0 Å². The van der Waals surface area contributed by atoms with Crippen LogP contribution in [-0.2, 0) is 6.54 Å². The van der Waals surface area contributed by atoms with E-state index in [4.69, 9.17) is 5.11 Å². The molecule has 0 radical (unpaired) electrons. The molecular weight excluding hydrogens is 206 g/mol. The van der Waals surface area contributed by atoms with Gasteiger partial charge in [-0.05, 0) is 31.0 Å². The Hall–Kier alpha value is -1.26. The zero-order valence-electron chi connectivity index (χ0n) is 9.70. The van der Waals surface area contributed by atoms with Crippen molar-refractivity contribution in [3.63, 3.8) is 0 Å². The van der Waals surface area contributed by atoms with E-state index in [0.717, 1.165) is 12.0 Å². The Balaban J connectivity index is 2.64. The summed E-state index contributed by atoms with van der Waals surface area (Å²) in [6, 6.07) is 4.69. The van der Waals surface area contributed by atoms with Crippen LogP contribution in [0.15, 0.2) is 18.2 Å². The van der Waals surface area contributed by atoms with Crippen molar-refractivity contribution in [3.05, 3.63) is 23.8 Å². The van der Waals surface area contributed by atoms with Gasteiger partial charge in [0.05, 0.1) is 6.61 Å². The van der Waals surface area contributed by atoms with Crippen LogP contribution in [0.1, 0.15) is 25.8 Å². The summed E-state index contributed by atoms with van der Waals surface area (Å²) in [5, 5.41) is 30.9. The third-order valence-corrected chi connectivity index (χ3v) is 2.89. The van der Waals surface area contributed by atoms with Gasteiger partial charge in [0.1, 0.15) is 0 Å². The highest BCUT2D eigenvalue weighted by atomic mass is 16.3. The molecule has 1 aromatic rings. The highest BCUT2D eigenvalue weighted by Gasteiger charge is 2.19. The number of aliphatic hydroxyl groups excluding tert-OH is 1. The summed E-state index contributed by atoms with van der Waals surface area (Å²) in [5.41, 5.74) is 0.552. The van der Waals surface area contributed by atoms with Crippen molar-refractivity contribution in [3.8, 4) is 11.5 Å². The van der Waals surface area contributed by atoms with Crippen molar-refractivity contribution < 1.29 is 15.3 Å². The summed E-state index contributed by atoms with van der Waals surface area (Å²) in [6.45, 7) is 4.54. The normalized spacial score (nSPS) is 14.7. The van der Waals surface area contributed by atoms with Crippen LogP contribution < -0.4 is 5.32 Å². The Labute approximate surface area is 95.6 Å². The van der Waals surface area contributed by atoms with Crippen LogP contribution in [0.2, 0.25) is 0 Å². The van der Waals surface area contributed by atoms with Gasteiger partial charge in [-0.3, -0.25) is 0 Å². The van der Waals surface area contributed by atoms with Crippen LogP contribution in [0.3, 0.4) is 0 Å². The van der Waals surface area contributed by atoms with E-state index in [-0.39, 0.29) is 23.6 Å². The van der Waals surface area contributed by atoms with E-state index in [1.54, 1.807) is 6.07 Å². The van der Waals surface area contributed by atoms with E-state index in [1.807, 2.05) is 13.8 Å². The zero-order valence-corrected chi connectivity index (χ0v) is 9.70. The van der Waals surface area contributed by atoms with Crippen molar-refractivity contribution in [2.45, 2.75) is 32.4 Å². The molecule has 0 fully saturated rings. The quantitative estimate of drug-likeness (QED) is 0.571. The molecule has 0 amide bonds. The first-order valence-corrected chi connectivity index (χ1v) is 5.37. The molecule has 0 saturated heterocycles. The molecule has 0 aromatic heterocycles. The van der Waals surface area contributed by atoms with Crippen molar-refractivity contribution in [1.29, 1.82) is 0 Å². The van der Waals surface area contributed by atoms with E-state index >= 15 is 0 Å². The van der Waals surface area contributed by atoms with Gasteiger partial charge in [0.2, 0.25) is 0 Å². The molecule has 0 heterocycles. The number of hydrogen-bond acceptors (Lipinski definition) is 4. The summed E-state index contributed by atoms with van der Waals surface area (Å²) in [6.07, 6.45) is 0.813. The van der Waals surface area contributed by atoms with E-state index in [2.05, 4.69) is 5.32 Å². The second-order valence-electron chi connectivity index (χ2n) is 4.25. The number of aromatic hydroxyl groups is 2. The highest BCUT2D eigenvalue weighted by molar-refractivity contribution is 5.40. The van der Waals surface area contributed by atoms with Gasteiger partial charge < -0.3 is 20.6 Å². The predicted molar refractivity (Wildman–Crippen MR) is 62.4 cm³/mol. The molecule has 1 atom stereocenters. The van der Waals surface area contributed by atoms with Gasteiger partial charge in [-0.15, -0.1) is 0 Å². The van der Waals surface area contributed by atoms with Gasteiger partial charge in [0.15, 0.2) is 11.5 Å². The molecule has 0 aliphatic carbocycles. The highest BCUT2D eigenvalue weighted by Crippen LogP contribution is 2.25. The zero-order chi connectivity index (χ0) is 12.2. The summed E-state index contributed by atoms with van der Waals surface area (Å²) in [4.78, 5) is 0. The van der Waals surface area contributed by atoms with E-state index < -0.39 is 0 Å². The standard InChI is InChI=1S/C12H19NO3/c1-3-12(2,8-14)13-7-9-4-5-10(15)11(16)6-9/h4-6,13-16H,3,7-8H2,1-2H3. The summed E-state index contributed by atoms with van der Waals surface area (Å²) in [7, 11) is 0. The summed E-state index contributed by atoms with van der Waals surface area (Å²) < 4.78 is 0. The molecule has 0 bridgehead atoms. The van der Waals surface area contributed by atoms with Gasteiger partial charge >= 0.3 is 0 Å². The first-order valence-electron chi connectivity index (χ1n) is 5.37. The molecular formula is C12H19NO3. The van der Waals surface area contributed by atoms with E-state index in [0.29, 0.717) is 6.54 Å². The molecule has 90 valence electrons. The second-order valence-corrected chi connectivity index (χ2v) is 4.25. The van der Waals surface area contributed by atoms with Gasteiger partial charge in [-0.25, -0.2) is 0 Å². The maximum atomic E-state index is 9.32. The molecule has 0 aliphatic rings. The minimum Gasteiger partial charge on any atom is -0.504 e. The molecule has 0 aliphatic heterocycles. The third-order valence-electron chi connectivity index (χ3n) is 2.89. The lowest BCUT2D eigenvalue weighted by atomic mass is 10.00. The lowest BCUT2D eigenvalue weighted by Crippen LogP contribution is -2.44. The number of aliphatic hydroxyl groups is 1. The fourth-order valence-electron chi connectivity index (χ4n) is 1.29. The monoisotopic (exact) mass is 225 g/mol. The Kier molecular flexibility index (Phi) is 4.15. The second kappa shape index (κ2) is 5.18. The smallest absolute Gasteiger partial charge is 0.157 e. The minimum atomic E-state index is -0.312. The maximum absolute atomic E-state index is 9.32. The molecule has 4 heteroatoms. The predicted octanol–water partition coefficient (Wildman–Crippen LogP) is 1.35. The molecule has 1 aromatic carbocycles. The third kappa shape index (κ3) is 3.12. The number of rotatable bonds is 5. The molecule has 4 nitrogen and oxygen atoms in total. The molecule has 0 saturated carbocycles. The molecule has 1 rings (SSSR count). The van der Waals surface area contributed by atoms with E-state index in [1.165, 1.54) is 12.1 Å². The fraction of sp³-hybridized carbons (Fsp3) is 0.500. The average Bonchev–Trinajstić information content (AvgIpc) is 2.30. The summed E-state index contributed by atoms with van der Waals surface area (Å²) in [5.74, 6) is -0.245. The Morgan fingerprint density at radius 1 is 1.25 bits per heavy atom. The number of hydrogen-bond donors (Lipinski definition) is 4. The van der Waals surface area contributed by atoms with Crippen molar-refractivity contribution >= 4 is 0 Å². The van der Waals surface area contributed by atoms with Crippen molar-refractivity contribution in [1.82, 2.24) is 5.32 Å². The lowest BCUT2D eigenvalue weighted by molar-refractivity contribution is 0.169. The number of phenolic OH excluding ortho intramolecular Hbond substituents is 2. The SMILES string of the molecule is CCC(C)(CO)NCc1ccc(O)c(O)c1. The van der Waals surface area contributed by atoms with E-state index in [9.17, 15) is 10.2 Å². The first kappa shape index (κ1) is 12.8. The van der Waals surface area contributed by atoms with Gasteiger partial charge in [-0.2, -0.15) is 0 Å². The molecule has 0 spiro atoms. The fourth-order valence-corrected chi connectivity index (χ4v) is 1.29. The van der Waals surface area contributed by atoms with Crippen molar-refractivity contribution in [2.75, 3.05) is 6.61 Å².